The van der Waals surface area contributed by atoms with Crippen LogP contribution >= 0.6 is 0 Å². The monoisotopic (exact) mass is 454 g/mol. The molecule has 0 radical (unpaired) electrons. The first-order valence-corrected chi connectivity index (χ1v) is 10.1. The van der Waals surface area contributed by atoms with Crippen molar-refractivity contribution in [2.45, 2.75) is 19.1 Å². The SMILES string of the molecule is NC(=O)N/N=C/CNC(=O)[C@H](Cc1ccccc1)NC(=O)CNC(=O)OCc1ccccc1. The van der Waals surface area contributed by atoms with E-state index in [2.05, 4.69) is 21.1 Å². The summed E-state index contributed by atoms with van der Waals surface area (Å²) >= 11 is 0. The summed E-state index contributed by atoms with van der Waals surface area (Å²) in [7, 11) is 0. The number of carbonyl (C=O) groups is 4. The van der Waals surface area contributed by atoms with Gasteiger partial charge >= 0.3 is 12.1 Å². The molecule has 0 heterocycles. The Balaban J connectivity index is 1.85. The second kappa shape index (κ2) is 13.8. The van der Waals surface area contributed by atoms with E-state index < -0.39 is 30.0 Å². The molecule has 11 heteroatoms. The lowest BCUT2D eigenvalue weighted by atomic mass is 10.1. The lowest BCUT2D eigenvalue weighted by Gasteiger charge is -2.18. The Morgan fingerprint density at radius 3 is 2.21 bits per heavy atom. The van der Waals surface area contributed by atoms with Gasteiger partial charge in [0.2, 0.25) is 11.8 Å². The number of hydrogen-bond acceptors (Lipinski definition) is 6. The molecular weight excluding hydrogens is 428 g/mol. The summed E-state index contributed by atoms with van der Waals surface area (Å²) in [6, 6.07) is 16.5. The number of hydrogen-bond donors (Lipinski definition) is 5. The van der Waals surface area contributed by atoms with Gasteiger partial charge in [-0.25, -0.2) is 15.0 Å². The Hall–Kier alpha value is -4.41. The molecule has 0 unspecified atom stereocenters. The Kier molecular flexibility index (Phi) is 10.4. The summed E-state index contributed by atoms with van der Waals surface area (Å²) in [6.45, 7) is -0.292. The molecule has 6 N–H and O–H groups in total. The molecule has 0 aliphatic rings. The molecule has 2 aromatic rings. The van der Waals surface area contributed by atoms with E-state index in [-0.39, 0.29) is 26.1 Å². The highest BCUT2D eigenvalue weighted by molar-refractivity contribution is 5.90. The molecule has 0 saturated carbocycles. The molecule has 0 aromatic heterocycles. The molecule has 0 aliphatic carbocycles. The van der Waals surface area contributed by atoms with Crippen molar-refractivity contribution < 1.29 is 23.9 Å². The number of nitrogens with zero attached hydrogens (tertiary/aromatic N) is 1. The number of carbonyl (C=O) groups excluding carboxylic acids is 4. The fourth-order valence-electron chi connectivity index (χ4n) is 2.66. The second-order valence-corrected chi connectivity index (χ2v) is 6.76. The highest BCUT2D eigenvalue weighted by Gasteiger charge is 2.21. The Morgan fingerprint density at radius 2 is 1.58 bits per heavy atom. The number of alkyl carbamates (subject to hydrolysis) is 1. The normalized spacial score (nSPS) is 11.3. The maximum absolute atomic E-state index is 12.6. The number of primary amides is 1. The standard InChI is InChI=1S/C22H26N6O5/c23-21(31)28-26-12-11-24-20(30)18(13-16-7-3-1-4-8-16)27-19(29)14-25-22(32)33-15-17-9-5-2-6-10-17/h1-10,12,18H,11,13-15H2,(H,24,30)(H,25,32)(H,27,29)(H3,23,28,31)/b26-12+/t18-/m0/s1. The van der Waals surface area contributed by atoms with Gasteiger partial charge < -0.3 is 26.4 Å². The maximum Gasteiger partial charge on any atom is 0.407 e. The highest BCUT2D eigenvalue weighted by Crippen LogP contribution is 2.04. The Labute approximate surface area is 190 Å². The van der Waals surface area contributed by atoms with Gasteiger partial charge in [0.15, 0.2) is 0 Å². The second-order valence-electron chi connectivity index (χ2n) is 6.76. The van der Waals surface area contributed by atoms with Crippen molar-refractivity contribution in [1.29, 1.82) is 0 Å². The predicted octanol–water partition coefficient (Wildman–Crippen LogP) is 0.411. The molecule has 0 bridgehead atoms. The van der Waals surface area contributed by atoms with Crippen LogP contribution in [0.2, 0.25) is 0 Å². The zero-order valence-electron chi connectivity index (χ0n) is 17.8. The van der Waals surface area contributed by atoms with E-state index in [1.54, 1.807) is 12.1 Å². The van der Waals surface area contributed by atoms with E-state index in [9.17, 15) is 19.2 Å². The van der Waals surface area contributed by atoms with Gasteiger partial charge in [-0.3, -0.25) is 9.59 Å². The summed E-state index contributed by atoms with van der Waals surface area (Å²) in [6.07, 6.45) is 0.721. The van der Waals surface area contributed by atoms with E-state index in [1.165, 1.54) is 6.21 Å². The molecule has 33 heavy (non-hydrogen) atoms. The first kappa shape index (κ1) is 24.9. The van der Waals surface area contributed by atoms with Crippen LogP contribution in [0.3, 0.4) is 0 Å². The van der Waals surface area contributed by atoms with Gasteiger partial charge in [-0.1, -0.05) is 60.7 Å². The fraction of sp³-hybridized carbons (Fsp3) is 0.227. The summed E-state index contributed by atoms with van der Waals surface area (Å²) in [4.78, 5) is 47.3. The van der Waals surface area contributed by atoms with Crippen LogP contribution < -0.4 is 27.1 Å². The number of rotatable bonds is 11. The zero-order valence-corrected chi connectivity index (χ0v) is 17.8. The fourth-order valence-corrected chi connectivity index (χ4v) is 2.66. The first-order chi connectivity index (χ1) is 15.9. The number of nitrogens with two attached hydrogens (primary N) is 1. The van der Waals surface area contributed by atoms with Gasteiger partial charge in [0.1, 0.15) is 19.2 Å². The lowest BCUT2D eigenvalue weighted by molar-refractivity contribution is -0.128. The van der Waals surface area contributed by atoms with Crippen molar-refractivity contribution in [2.75, 3.05) is 13.1 Å². The zero-order chi connectivity index (χ0) is 23.9. The summed E-state index contributed by atoms with van der Waals surface area (Å²) in [5.74, 6) is -1.03. The van der Waals surface area contributed by atoms with E-state index in [4.69, 9.17) is 10.5 Å². The molecule has 174 valence electrons. The number of nitrogens with one attached hydrogen (secondary N) is 4. The van der Waals surface area contributed by atoms with Gasteiger partial charge in [0.05, 0.1) is 6.54 Å². The van der Waals surface area contributed by atoms with Crippen LogP contribution in [-0.4, -0.2) is 49.3 Å². The van der Waals surface area contributed by atoms with Crippen LogP contribution in [0.25, 0.3) is 0 Å². The van der Waals surface area contributed by atoms with Gasteiger partial charge in [0.25, 0.3) is 0 Å². The van der Waals surface area contributed by atoms with Crippen molar-refractivity contribution in [3.05, 3.63) is 71.8 Å². The van der Waals surface area contributed by atoms with Crippen LogP contribution in [-0.2, 0) is 27.4 Å². The molecule has 2 aromatic carbocycles. The Morgan fingerprint density at radius 1 is 0.939 bits per heavy atom. The molecule has 0 saturated heterocycles. The third-order valence-electron chi connectivity index (χ3n) is 4.17. The van der Waals surface area contributed by atoms with Crippen molar-refractivity contribution in [1.82, 2.24) is 21.4 Å². The minimum absolute atomic E-state index is 0.00430. The van der Waals surface area contributed by atoms with Crippen molar-refractivity contribution in [3.63, 3.8) is 0 Å². The van der Waals surface area contributed by atoms with Crippen LogP contribution in [0.4, 0.5) is 9.59 Å². The first-order valence-electron chi connectivity index (χ1n) is 10.1. The number of amides is 5. The minimum Gasteiger partial charge on any atom is -0.445 e. The largest absolute Gasteiger partial charge is 0.445 e. The predicted molar refractivity (Wildman–Crippen MR) is 121 cm³/mol. The van der Waals surface area contributed by atoms with E-state index >= 15 is 0 Å². The summed E-state index contributed by atoms with van der Waals surface area (Å²) in [5.41, 5.74) is 8.53. The quantitative estimate of drug-likeness (QED) is 0.245. The topological polar surface area (TPSA) is 164 Å². The van der Waals surface area contributed by atoms with E-state index in [0.29, 0.717) is 0 Å². The number of urea groups is 1. The molecule has 0 fully saturated rings. The van der Waals surface area contributed by atoms with Gasteiger partial charge in [0, 0.05) is 12.6 Å². The smallest absolute Gasteiger partial charge is 0.407 e. The molecule has 1 atom stereocenters. The maximum atomic E-state index is 12.6. The molecule has 2 rings (SSSR count). The van der Waals surface area contributed by atoms with Crippen molar-refractivity contribution in [2.24, 2.45) is 10.8 Å². The average Bonchev–Trinajstić information content (AvgIpc) is 2.81. The van der Waals surface area contributed by atoms with Crippen LogP contribution in [0.1, 0.15) is 11.1 Å². The Bertz CT molecular complexity index is 952. The lowest BCUT2D eigenvalue weighted by Crippen LogP contribution is -2.50. The van der Waals surface area contributed by atoms with Crippen LogP contribution in [0.15, 0.2) is 65.8 Å². The van der Waals surface area contributed by atoms with Crippen molar-refractivity contribution >= 4 is 30.2 Å². The van der Waals surface area contributed by atoms with Crippen LogP contribution in [0.5, 0.6) is 0 Å². The number of hydrazone groups is 1. The van der Waals surface area contributed by atoms with E-state index in [0.717, 1.165) is 11.1 Å². The van der Waals surface area contributed by atoms with E-state index in [1.807, 2.05) is 54.0 Å². The van der Waals surface area contributed by atoms with Gasteiger partial charge in [-0.15, -0.1) is 0 Å². The van der Waals surface area contributed by atoms with Gasteiger partial charge in [-0.05, 0) is 11.1 Å². The average molecular weight is 454 g/mol. The third kappa shape index (κ3) is 10.4. The number of ether oxygens (including phenoxy) is 1. The summed E-state index contributed by atoms with van der Waals surface area (Å²) < 4.78 is 5.06. The molecular formula is C22H26N6O5. The molecule has 11 nitrogen and oxygen atoms in total. The summed E-state index contributed by atoms with van der Waals surface area (Å²) in [5, 5.41) is 11.1. The highest BCUT2D eigenvalue weighted by atomic mass is 16.5. The van der Waals surface area contributed by atoms with Crippen LogP contribution in [0, 0.1) is 0 Å². The molecule has 0 aliphatic heterocycles. The third-order valence-corrected chi connectivity index (χ3v) is 4.17. The number of benzene rings is 2. The minimum atomic E-state index is -0.903. The van der Waals surface area contributed by atoms with Gasteiger partial charge in [-0.2, -0.15) is 5.10 Å². The molecule has 5 amide bonds. The molecule has 0 spiro atoms. The van der Waals surface area contributed by atoms with Crippen molar-refractivity contribution in [3.8, 4) is 0 Å².